The van der Waals surface area contributed by atoms with E-state index in [1.54, 1.807) is 18.5 Å². The van der Waals surface area contributed by atoms with Crippen LogP contribution in [0.25, 0.3) is 0 Å². The average Bonchev–Trinajstić information content (AvgIpc) is 2.72. The molecule has 2 amide bonds. The summed E-state index contributed by atoms with van der Waals surface area (Å²) in [7, 11) is 0. The lowest BCUT2D eigenvalue weighted by atomic mass is 9.94. The van der Waals surface area contributed by atoms with Crippen LogP contribution in [0, 0.1) is 5.41 Å². The van der Waals surface area contributed by atoms with E-state index in [4.69, 9.17) is 0 Å². The van der Waals surface area contributed by atoms with E-state index in [0.29, 0.717) is 26.2 Å². The van der Waals surface area contributed by atoms with E-state index in [1.165, 1.54) is 0 Å². The maximum atomic E-state index is 13.0. The van der Waals surface area contributed by atoms with Gasteiger partial charge in [0.15, 0.2) is 0 Å². The van der Waals surface area contributed by atoms with Crippen molar-refractivity contribution in [1.82, 2.24) is 24.7 Å². The Morgan fingerprint density at radius 1 is 0.893 bits per heavy atom. The average molecular weight is 389 g/mol. The number of piperazine rings is 2. The van der Waals surface area contributed by atoms with E-state index in [2.05, 4.69) is 19.8 Å². The molecule has 154 valence electrons. The number of amides is 2. The molecule has 28 heavy (non-hydrogen) atoms. The molecule has 0 N–H and O–H groups in total. The molecule has 0 saturated carbocycles. The Balaban J connectivity index is 1.49. The van der Waals surface area contributed by atoms with Crippen molar-refractivity contribution in [3.8, 4) is 0 Å². The molecule has 0 bridgehead atoms. The first-order chi connectivity index (χ1) is 13.3. The van der Waals surface area contributed by atoms with Crippen molar-refractivity contribution in [2.75, 3.05) is 57.3 Å². The quantitative estimate of drug-likeness (QED) is 0.759. The number of nitrogens with zero attached hydrogens (tertiary/aromatic N) is 6. The summed E-state index contributed by atoms with van der Waals surface area (Å²) in [5, 5.41) is 0. The Labute approximate surface area is 167 Å². The lowest BCUT2D eigenvalue weighted by molar-refractivity contribution is -0.143. The molecule has 1 aromatic heterocycles. The van der Waals surface area contributed by atoms with E-state index in [1.807, 2.05) is 37.5 Å². The fourth-order valence-corrected chi connectivity index (χ4v) is 3.79. The van der Waals surface area contributed by atoms with Crippen molar-refractivity contribution in [2.45, 2.75) is 33.7 Å². The van der Waals surface area contributed by atoms with Crippen LogP contribution in [0.2, 0.25) is 0 Å². The molecule has 1 atom stereocenters. The van der Waals surface area contributed by atoms with Crippen molar-refractivity contribution in [3.05, 3.63) is 18.5 Å². The minimum atomic E-state index is -0.355. The summed E-state index contributed by atoms with van der Waals surface area (Å²) in [4.78, 5) is 42.2. The monoisotopic (exact) mass is 388 g/mol. The Morgan fingerprint density at radius 2 is 1.43 bits per heavy atom. The highest BCUT2D eigenvalue weighted by molar-refractivity contribution is 5.82. The molecule has 0 spiro atoms. The molecule has 2 aliphatic heterocycles. The molecule has 0 aromatic carbocycles. The third-order valence-corrected chi connectivity index (χ3v) is 5.57. The SMILES string of the molecule is CC(C(=O)N1CCN(c2ncccn2)CC1)N1CCN(C(=O)C(C)(C)C)CC1. The van der Waals surface area contributed by atoms with Crippen LogP contribution in [0.1, 0.15) is 27.7 Å². The molecule has 2 aliphatic rings. The van der Waals surface area contributed by atoms with Gasteiger partial charge in [-0.2, -0.15) is 0 Å². The summed E-state index contributed by atoms with van der Waals surface area (Å²) >= 11 is 0. The van der Waals surface area contributed by atoms with Crippen molar-refractivity contribution in [1.29, 1.82) is 0 Å². The van der Waals surface area contributed by atoms with Crippen molar-refractivity contribution >= 4 is 17.8 Å². The van der Waals surface area contributed by atoms with Crippen LogP contribution in [-0.4, -0.2) is 94.9 Å². The Kier molecular flexibility index (Phi) is 6.17. The molecule has 1 aromatic rings. The van der Waals surface area contributed by atoms with E-state index < -0.39 is 0 Å². The van der Waals surface area contributed by atoms with Gasteiger partial charge in [0, 0.05) is 70.2 Å². The van der Waals surface area contributed by atoms with E-state index >= 15 is 0 Å². The highest BCUT2D eigenvalue weighted by Gasteiger charge is 2.34. The fraction of sp³-hybridized carbons (Fsp3) is 0.700. The summed E-state index contributed by atoms with van der Waals surface area (Å²) in [6.45, 7) is 13.6. The van der Waals surface area contributed by atoms with Gasteiger partial charge in [-0.3, -0.25) is 14.5 Å². The van der Waals surface area contributed by atoms with Gasteiger partial charge in [-0.15, -0.1) is 0 Å². The molecule has 1 unspecified atom stereocenters. The van der Waals surface area contributed by atoms with E-state index in [0.717, 1.165) is 32.1 Å². The van der Waals surface area contributed by atoms with E-state index in [9.17, 15) is 9.59 Å². The van der Waals surface area contributed by atoms with Crippen molar-refractivity contribution in [2.24, 2.45) is 5.41 Å². The molecule has 2 saturated heterocycles. The van der Waals surface area contributed by atoms with Gasteiger partial charge in [0.2, 0.25) is 17.8 Å². The third-order valence-electron chi connectivity index (χ3n) is 5.57. The minimum absolute atomic E-state index is 0.161. The van der Waals surface area contributed by atoms with Gasteiger partial charge in [-0.05, 0) is 13.0 Å². The first-order valence-corrected chi connectivity index (χ1v) is 10.1. The summed E-state index contributed by atoms with van der Waals surface area (Å²) in [6.07, 6.45) is 3.48. The van der Waals surface area contributed by atoms with Gasteiger partial charge in [-0.25, -0.2) is 9.97 Å². The highest BCUT2D eigenvalue weighted by atomic mass is 16.2. The molecular formula is C20H32N6O2. The zero-order chi connectivity index (χ0) is 20.3. The number of hydrogen-bond donors (Lipinski definition) is 0. The van der Waals surface area contributed by atoms with E-state index in [-0.39, 0.29) is 23.3 Å². The normalized spacial score (nSPS) is 20.2. The second kappa shape index (κ2) is 8.43. The fourth-order valence-electron chi connectivity index (χ4n) is 3.79. The highest BCUT2D eigenvalue weighted by Crippen LogP contribution is 2.20. The number of rotatable bonds is 3. The maximum absolute atomic E-state index is 13.0. The molecule has 2 fully saturated rings. The van der Waals surface area contributed by atoms with Gasteiger partial charge in [0.05, 0.1) is 6.04 Å². The standard InChI is InChI=1S/C20H32N6O2/c1-16(23-8-12-25(13-9-23)18(28)20(2,3)4)17(27)24-10-14-26(15-11-24)19-21-6-5-7-22-19/h5-7,16H,8-15H2,1-4H3. The summed E-state index contributed by atoms with van der Waals surface area (Å²) < 4.78 is 0. The second-order valence-corrected chi connectivity index (χ2v) is 8.62. The first-order valence-electron chi connectivity index (χ1n) is 10.1. The number of anilines is 1. The number of carbonyl (C=O) groups excluding carboxylic acids is 2. The lowest BCUT2D eigenvalue weighted by Gasteiger charge is -2.42. The van der Waals surface area contributed by atoms with Crippen LogP contribution in [0.4, 0.5) is 5.95 Å². The zero-order valence-electron chi connectivity index (χ0n) is 17.5. The van der Waals surface area contributed by atoms with Crippen molar-refractivity contribution < 1.29 is 9.59 Å². The summed E-state index contributed by atoms with van der Waals surface area (Å²) in [6, 6.07) is 1.64. The van der Waals surface area contributed by atoms with Crippen LogP contribution in [0.15, 0.2) is 18.5 Å². The predicted octanol–water partition coefficient (Wildman–Crippen LogP) is 0.704. The zero-order valence-corrected chi connectivity index (χ0v) is 17.5. The van der Waals surface area contributed by atoms with Gasteiger partial charge in [-0.1, -0.05) is 20.8 Å². The second-order valence-electron chi connectivity index (χ2n) is 8.62. The molecule has 8 nitrogen and oxygen atoms in total. The molecule has 0 radical (unpaired) electrons. The van der Waals surface area contributed by atoms with Gasteiger partial charge in [0.1, 0.15) is 0 Å². The Hall–Kier alpha value is -2.22. The Bertz CT molecular complexity index is 674. The molecule has 3 rings (SSSR count). The summed E-state index contributed by atoms with van der Waals surface area (Å²) in [5.41, 5.74) is -0.355. The van der Waals surface area contributed by atoms with Crippen LogP contribution >= 0.6 is 0 Å². The van der Waals surface area contributed by atoms with Gasteiger partial charge in [0.25, 0.3) is 0 Å². The molecule has 0 aliphatic carbocycles. The lowest BCUT2D eigenvalue weighted by Crippen LogP contribution is -2.58. The summed E-state index contributed by atoms with van der Waals surface area (Å²) in [5.74, 6) is 1.08. The number of aromatic nitrogens is 2. The minimum Gasteiger partial charge on any atom is -0.340 e. The van der Waals surface area contributed by atoms with Crippen LogP contribution in [0.3, 0.4) is 0 Å². The topological polar surface area (TPSA) is 72.9 Å². The van der Waals surface area contributed by atoms with Crippen molar-refractivity contribution in [3.63, 3.8) is 0 Å². The third kappa shape index (κ3) is 4.60. The smallest absolute Gasteiger partial charge is 0.239 e. The maximum Gasteiger partial charge on any atom is 0.239 e. The van der Waals surface area contributed by atoms with Gasteiger partial charge < -0.3 is 14.7 Å². The van der Waals surface area contributed by atoms with Crippen LogP contribution < -0.4 is 4.90 Å². The molecule has 3 heterocycles. The van der Waals surface area contributed by atoms with Crippen LogP contribution in [-0.2, 0) is 9.59 Å². The van der Waals surface area contributed by atoms with Crippen LogP contribution in [0.5, 0.6) is 0 Å². The van der Waals surface area contributed by atoms with Gasteiger partial charge >= 0.3 is 0 Å². The number of carbonyl (C=O) groups is 2. The Morgan fingerprint density at radius 3 is 1.96 bits per heavy atom. The largest absolute Gasteiger partial charge is 0.340 e. The molecular weight excluding hydrogens is 356 g/mol. The first kappa shape index (κ1) is 20.5. The number of hydrogen-bond acceptors (Lipinski definition) is 6. The predicted molar refractivity (Wildman–Crippen MR) is 108 cm³/mol. The molecule has 8 heteroatoms.